The molecule has 1 fully saturated rings. The van der Waals surface area contributed by atoms with Crippen LogP contribution in [-0.4, -0.2) is 23.9 Å². The van der Waals surface area contributed by atoms with Crippen LogP contribution in [0, 0.1) is 17.6 Å². The minimum Gasteiger partial charge on any atom is -0.349 e. The Morgan fingerprint density at radius 3 is 2.48 bits per heavy atom. The van der Waals surface area contributed by atoms with E-state index in [2.05, 4.69) is 10.2 Å². The van der Waals surface area contributed by atoms with Crippen molar-refractivity contribution in [3.63, 3.8) is 0 Å². The third kappa shape index (κ3) is 5.27. The van der Waals surface area contributed by atoms with Gasteiger partial charge in [-0.1, -0.05) is 29.8 Å². The molecule has 1 saturated heterocycles. The highest BCUT2D eigenvalue weighted by atomic mass is 35.5. The molecule has 0 saturated carbocycles. The molecular weight excluding hydrogens is 370 g/mol. The molecule has 3 nitrogen and oxygen atoms in total. The Balaban J connectivity index is 1.49. The van der Waals surface area contributed by atoms with E-state index in [1.165, 1.54) is 18.2 Å². The van der Waals surface area contributed by atoms with Crippen molar-refractivity contribution in [3.05, 3.63) is 70.2 Å². The van der Waals surface area contributed by atoms with Crippen LogP contribution in [0.3, 0.4) is 0 Å². The average Bonchev–Trinajstić information content (AvgIpc) is 2.65. The quantitative estimate of drug-likeness (QED) is 0.799. The lowest BCUT2D eigenvalue weighted by molar-refractivity contribution is -0.127. The Hall–Kier alpha value is -1.98. The molecule has 0 spiro atoms. The van der Waals surface area contributed by atoms with Crippen molar-refractivity contribution in [2.75, 3.05) is 13.1 Å². The fourth-order valence-corrected chi connectivity index (χ4v) is 3.57. The molecule has 2 aromatic rings. The number of carbonyl (C=O) groups is 1. The van der Waals surface area contributed by atoms with Crippen LogP contribution in [0.4, 0.5) is 8.78 Å². The maximum absolute atomic E-state index is 13.9. The van der Waals surface area contributed by atoms with Gasteiger partial charge in [0.1, 0.15) is 11.6 Å². The summed E-state index contributed by atoms with van der Waals surface area (Å²) in [6.45, 7) is 3.89. The second kappa shape index (κ2) is 8.81. The van der Waals surface area contributed by atoms with Crippen LogP contribution >= 0.6 is 11.6 Å². The Morgan fingerprint density at radius 2 is 1.85 bits per heavy atom. The lowest BCUT2D eigenvalue weighted by atomic mass is 9.95. The Morgan fingerprint density at radius 1 is 1.19 bits per heavy atom. The number of nitrogens with one attached hydrogen (secondary N) is 1. The van der Waals surface area contributed by atoms with E-state index in [4.69, 9.17) is 11.6 Å². The predicted molar refractivity (Wildman–Crippen MR) is 102 cm³/mol. The monoisotopic (exact) mass is 392 g/mol. The SMILES string of the molecule is CC(NC(=O)C1CCN(Cc2ccc(Cl)cc2F)CC1)c1ccc(F)cc1. The van der Waals surface area contributed by atoms with Gasteiger partial charge in [0.2, 0.25) is 5.91 Å². The van der Waals surface area contributed by atoms with Gasteiger partial charge in [0, 0.05) is 23.0 Å². The van der Waals surface area contributed by atoms with E-state index in [1.54, 1.807) is 24.3 Å². The molecule has 1 N–H and O–H groups in total. The summed E-state index contributed by atoms with van der Waals surface area (Å²) < 4.78 is 27.0. The summed E-state index contributed by atoms with van der Waals surface area (Å²) in [5.41, 5.74) is 1.49. The van der Waals surface area contributed by atoms with E-state index < -0.39 is 0 Å². The smallest absolute Gasteiger partial charge is 0.223 e. The highest BCUT2D eigenvalue weighted by Gasteiger charge is 2.26. The van der Waals surface area contributed by atoms with Gasteiger partial charge in [-0.3, -0.25) is 9.69 Å². The third-order valence-electron chi connectivity index (χ3n) is 5.10. The average molecular weight is 393 g/mol. The fraction of sp³-hybridized carbons (Fsp3) is 0.381. The van der Waals surface area contributed by atoms with Gasteiger partial charge >= 0.3 is 0 Å². The van der Waals surface area contributed by atoms with Crippen molar-refractivity contribution < 1.29 is 13.6 Å². The summed E-state index contributed by atoms with van der Waals surface area (Å²) in [7, 11) is 0. The van der Waals surface area contributed by atoms with Gasteiger partial charge in [-0.05, 0) is 62.7 Å². The number of likely N-dealkylation sites (tertiary alicyclic amines) is 1. The van der Waals surface area contributed by atoms with Crippen molar-refractivity contribution in [3.8, 4) is 0 Å². The first kappa shape index (κ1) is 19.8. The normalized spacial score (nSPS) is 16.9. The molecule has 1 heterocycles. The molecule has 3 rings (SSSR count). The van der Waals surface area contributed by atoms with Gasteiger partial charge < -0.3 is 5.32 Å². The molecule has 0 bridgehead atoms. The number of halogens is 3. The number of benzene rings is 2. The fourth-order valence-electron chi connectivity index (χ4n) is 3.41. The number of nitrogens with zero attached hydrogens (tertiary/aromatic N) is 1. The van der Waals surface area contributed by atoms with E-state index in [1.807, 2.05) is 6.92 Å². The molecule has 144 valence electrons. The Bertz CT molecular complexity index is 789. The third-order valence-corrected chi connectivity index (χ3v) is 5.33. The van der Waals surface area contributed by atoms with Crippen molar-refractivity contribution in [1.29, 1.82) is 0 Å². The molecule has 27 heavy (non-hydrogen) atoms. The van der Waals surface area contributed by atoms with E-state index >= 15 is 0 Å². The van der Waals surface area contributed by atoms with Gasteiger partial charge in [-0.15, -0.1) is 0 Å². The predicted octanol–water partition coefficient (Wildman–Crippen LogP) is 4.71. The molecule has 0 aromatic heterocycles. The maximum Gasteiger partial charge on any atom is 0.223 e. The lowest BCUT2D eigenvalue weighted by Crippen LogP contribution is -2.41. The van der Waals surface area contributed by atoms with Crippen LogP contribution in [0.5, 0.6) is 0 Å². The number of piperidine rings is 1. The Labute approximate surface area is 163 Å². The van der Waals surface area contributed by atoms with Gasteiger partial charge in [-0.25, -0.2) is 8.78 Å². The first-order valence-electron chi connectivity index (χ1n) is 9.14. The molecule has 6 heteroatoms. The first-order chi connectivity index (χ1) is 12.9. The van der Waals surface area contributed by atoms with Crippen LogP contribution in [0.1, 0.15) is 36.9 Å². The molecule has 1 atom stereocenters. The summed E-state index contributed by atoms with van der Waals surface area (Å²) in [5, 5.41) is 3.40. The standard InChI is InChI=1S/C21H23ClF2N2O/c1-14(15-3-6-19(23)7-4-15)25-21(27)16-8-10-26(11-9-16)13-17-2-5-18(22)12-20(17)24/h2-7,12,14,16H,8-11,13H2,1H3,(H,25,27). The molecule has 0 aliphatic carbocycles. The minimum absolute atomic E-state index is 0.0177. The van der Waals surface area contributed by atoms with E-state index in [0.29, 0.717) is 17.1 Å². The summed E-state index contributed by atoms with van der Waals surface area (Å²) >= 11 is 5.79. The van der Waals surface area contributed by atoms with Crippen LogP contribution in [0.15, 0.2) is 42.5 Å². The van der Waals surface area contributed by atoms with Crippen LogP contribution in [0.25, 0.3) is 0 Å². The van der Waals surface area contributed by atoms with Crippen molar-refractivity contribution in [2.24, 2.45) is 5.92 Å². The van der Waals surface area contributed by atoms with Gasteiger partial charge in [0.15, 0.2) is 0 Å². The van der Waals surface area contributed by atoms with Gasteiger partial charge in [0.05, 0.1) is 6.04 Å². The second-order valence-corrected chi connectivity index (χ2v) is 7.50. The maximum atomic E-state index is 13.9. The molecule has 0 radical (unpaired) electrons. The first-order valence-corrected chi connectivity index (χ1v) is 9.52. The molecule has 1 aliphatic heterocycles. The summed E-state index contributed by atoms with van der Waals surface area (Å²) in [6.07, 6.45) is 1.47. The van der Waals surface area contributed by atoms with Crippen molar-refractivity contribution in [2.45, 2.75) is 32.4 Å². The molecule has 1 amide bonds. The van der Waals surface area contributed by atoms with Crippen LogP contribution in [0.2, 0.25) is 5.02 Å². The number of amides is 1. The van der Waals surface area contributed by atoms with Crippen LogP contribution < -0.4 is 5.32 Å². The highest BCUT2D eigenvalue weighted by Crippen LogP contribution is 2.23. The Kier molecular flexibility index (Phi) is 6.45. The zero-order valence-corrected chi connectivity index (χ0v) is 16.0. The highest BCUT2D eigenvalue weighted by molar-refractivity contribution is 6.30. The van der Waals surface area contributed by atoms with Gasteiger partial charge in [-0.2, -0.15) is 0 Å². The van der Waals surface area contributed by atoms with E-state index in [9.17, 15) is 13.6 Å². The van der Waals surface area contributed by atoms with Crippen LogP contribution in [-0.2, 0) is 11.3 Å². The molecule has 1 aliphatic rings. The van der Waals surface area contributed by atoms with Crippen molar-refractivity contribution in [1.82, 2.24) is 10.2 Å². The number of hydrogen-bond acceptors (Lipinski definition) is 2. The summed E-state index contributed by atoms with van der Waals surface area (Å²) in [6, 6.07) is 10.7. The largest absolute Gasteiger partial charge is 0.349 e. The lowest BCUT2D eigenvalue weighted by Gasteiger charge is -2.32. The van der Waals surface area contributed by atoms with Gasteiger partial charge in [0.25, 0.3) is 0 Å². The topological polar surface area (TPSA) is 32.3 Å². The number of hydrogen-bond donors (Lipinski definition) is 1. The number of rotatable bonds is 5. The molecule has 1 unspecified atom stereocenters. The minimum atomic E-state index is -0.296. The zero-order valence-electron chi connectivity index (χ0n) is 15.2. The summed E-state index contributed by atoms with van der Waals surface area (Å²) in [5.74, 6) is -0.624. The van der Waals surface area contributed by atoms with Crippen molar-refractivity contribution >= 4 is 17.5 Å². The zero-order chi connectivity index (χ0) is 19.4. The number of carbonyl (C=O) groups excluding carboxylic acids is 1. The second-order valence-electron chi connectivity index (χ2n) is 7.07. The molecular formula is C21H23ClF2N2O. The summed E-state index contributed by atoms with van der Waals surface area (Å²) in [4.78, 5) is 14.7. The van der Waals surface area contributed by atoms with E-state index in [0.717, 1.165) is 31.5 Å². The van der Waals surface area contributed by atoms with E-state index in [-0.39, 0.29) is 29.5 Å². The molecule has 2 aromatic carbocycles.